The second-order valence-corrected chi connectivity index (χ2v) is 3.98. The fourth-order valence-corrected chi connectivity index (χ4v) is 2.11. The van der Waals surface area contributed by atoms with E-state index in [4.69, 9.17) is 4.74 Å². The monoisotopic (exact) mass is 218 g/mol. The van der Waals surface area contributed by atoms with Gasteiger partial charge in [0.05, 0.1) is 31.0 Å². The Labute approximate surface area is 93.5 Å². The SMILES string of the molecule is Cn1c(C2COCCN2)nc2cnccc21. The average molecular weight is 218 g/mol. The van der Waals surface area contributed by atoms with Crippen molar-refractivity contribution in [2.24, 2.45) is 7.05 Å². The minimum absolute atomic E-state index is 0.186. The summed E-state index contributed by atoms with van der Waals surface area (Å²) in [5.74, 6) is 1.02. The smallest absolute Gasteiger partial charge is 0.129 e. The lowest BCUT2D eigenvalue weighted by atomic mass is 10.2. The molecule has 1 saturated heterocycles. The quantitative estimate of drug-likeness (QED) is 0.762. The van der Waals surface area contributed by atoms with Gasteiger partial charge in [-0.2, -0.15) is 0 Å². The molecule has 5 heteroatoms. The molecule has 2 aromatic rings. The number of aryl methyl sites for hydroxylation is 1. The highest BCUT2D eigenvalue weighted by atomic mass is 16.5. The second-order valence-electron chi connectivity index (χ2n) is 3.98. The summed E-state index contributed by atoms with van der Waals surface area (Å²) in [5, 5.41) is 3.41. The largest absolute Gasteiger partial charge is 0.378 e. The van der Waals surface area contributed by atoms with E-state index in [0.717, 1.165) is 30.0 Å². The minimum atomic E-state index is 0.186. The lowest BCUT2D eigenvalue weighted by Crippen LogP contribution is -2.36. The van der Waals surface area contributed by atoms with Crippen LogP contribution in [0.1, 0.15) is 11.9 Å². The topological polar surface area (TPSA) is 52.0 Å². The van der Waals surface area contributed by atoms with Gasteiger partial charge in [-0.15, -0.1) is 0 Å². The molecular formula is C11H14N4O. The van der Waals surface area contributed by atoms with E-state index in [9.17, 15) is 0 Å². The molecule has 1 atom stereocenters. The van der Waals surface area contributed by atoms with Gasteiger partial charge in [-0.1, -0.05) is 0 Å². The van der Waals surface area contributed by atoms with Gasteiger partial charge in [0.1, 0.15) is 11.3 Å². The molecule has 1 aliphatic heterocycles. The number of pyridine rings is 1. The molecule has 84 valence electrons. The van der Waals surface area contributed by atoms with Crippen LogP contribution in [0.25, 0.3) is 11.0 Å². The van der Waals surface area contributed by atoms with E-state index in [2.05, 4.69) is 19.9 Å². The Balaban J connectivity index is 2.05. The van der Waals surface area contributed by atoms with Crippen LogP contribution in [0.3, 0.4) is 0 Å². The number of rotatable bonds is 1. The van der Waals surface area contributed by atoms with E-state index in [-0.39, 0.29) is 6.04 Å². The zero-order chi connectivity index (χ0) is 11.0. The summed E-state index contributed by atoms with van der Waals surface area (Å²) in [5.41, 5.74) is 2.05. The molecule has 0 saturated carbocycles. The first-order valence-electron chi connectivity index (χ1n) is 5.44. The molecule has 1 aliphatic rings. The maximum Gasteiger partial charge on any atom is 0.129 e. The Kier molecular flexibility index (Phi) is 2.34. The first-order chi connectivity index (χ1) is 7.86. The van der Waals surface area contributed by atoms with Crippen LogP contribution in [0.15, 0.2) is 18.5 Å². The summed E-state index contributed by atoms with van der Waals surface area (Å²) < 4.78 is 7.56. The number of ether oxygens (including phenoxy) is 1. The Morgan fingerprint density at radius 3 is 3.25 bits per heavy atom. The van der Waals surface area contributed by atoms with Crippen molar-refractivity contribution in [1.29, 1.82) is 0 Å². The van der Waals surface area contributed by atoms with Crippen LogP contribution >= 0.6 is 0 Å². The molecule has 0 spiro atoms. The molecular weight excluding hydrogens is 204 g/mol. The van der Waals surface area contributed by atoms with Gasteiger partial charge in [-0.25, -0.2) is 4.98 Å². The highest BCUT2D eigenvalue weighted by Crippen LogP contribution is 2.19. The highest BCUT2D eigenvalue weighted by molar-refractivity contribution is 5.74. The normalized spacial score (nSPS) is 21.4. The third kappa shape index (κ3) is 1.48. The van der Waals surface area contributed by atoms with Crippen LogP contribution in [-0.2, 0) is 11.8 Å². The fourth-order valence-electron chi connectivity index (χ4n) is 2.11. The Hall–Kier alpha value is -1.46. The molecule has 16 heavy (non-hydrogen) atoms. The molecule has 0 radical (unpaired) electrons. The van der Waals surface area contributed by atoms with Crippen LogP contribution in [0.5, 0.6) is 0 Å². The van der Waals surface area contributed by atoms with Gasteiger partial charge in [0.2, 0.25) is 0 Å². The van der Waals surface area contributed by atoms with Crippen LogP contribution < -0.4 is 5.32 Å². The maximum atomic E-state index is 5.46. The van der Waals surface area contributed by atoms with E-state index in [1.165, 1.54) is 0 Å². The lowest BCUT2D eigenvalue weighted by Gasteiger charge is -2.23. The van der Waals surface area contributed by atoms with Gasteiger partial charge >= 0.3 is 0 Å². The van der Waals surface area contributed by atoms with Crippen molar-refractivity contribution >= 4 is 11.0 Å². The Morgan fingerprint density at radius 1 is 1.56 bits per heavy atom. The van der Waals surface area contributed by atoms with Crippen LogP contribution in [-0.4, -0.2) is 34.3 Å². The van der Waals surface area contributed by atoms with E-state index < -0.39 is 0 Å². The fraction of sp³-hybridized carbons (Fsp3) is 0.455. The summed E-state index contributed by atoms with van der Waals surface area (Å²) in [4.78, 5) is 8.68. The number of morpholine rings is 1. The third-order valence-electron chi connectivity index (χ3n) is 2.95. The predicted octanol–water partition coefficient (Wildman–Crippen LogP) is 0.629. The van der Waals surface area contributed by atoms with E-state index in [0.29, 0.717) is 6.61 Å². The average Bonchev–Trinajstić information content (AvgIpc) is 2.69. The molecule has 1 fully saturated rings. The number of nitrogens with zero attached hydrogens (tertiary/aromatic N) is 3. The summed E-state index contributed by atoms with van der Waals surface area (Å²) in [7, 11) is 2.03. The molecule has 2 aromatic heterocycles. The van der Waals surface area contributed by atoms with Crippen LogP contribution in [0.2, 0.25) is 0 Å². The van der Waals surface area contributed by atoms with Gasteiger partial charge < -0.3 is 14.6 Å². The molecule has 1 unspecified atom stereocenters. The molecule has 0 bridgehead atoms. The van der Waals surface area contributed by atoms with E-state index >= 15 is 0 Å². The van der Waals surface area contributed by atoms with Gasteiger partial charge in [0.25, 0.3) is 0 Å². The summed E-state index contributed by atoms with van der Waals surface area (Å²) in [6.07, 6.45) is 3.58. The number of nitrogens with one attached hydrogen (secondary N) is 1. The molecule has 0 amide bonds. The number of imidazole rings is 1. The molecule has 5 nitrogen and oxygen atoms in total. The van der Waals surface area contributed by atoms with Gasteiger partial charge in [-0.3, -0.25) is 4.98 Å². The number of aromatic nitrogens is 3. The van der Waals surface area contributed by atoms with E-state index in [1.807, 2.05) is 13.1 Å². The molecule has 1 N–H and O–H groups in total. The summed E-state index contributed by atoms with van der Waals surface area (Å²) in [6.45, 7) is 2.35. The summed E-state index contributed by atoms with van der Waals surface area (Å²) >= 11 is 0. The van der Waals surface area contributed by atoms with Crippen LogP contribution in [0, 0.1) is 0 Å². The van der Waals surface area contributed by atoms with Crippen LogP contribution in [0.4, 0.5) is 0 Å². The molecule has 3 heterocycles. The van der Waals surface area contributed by atoms with Crippen molar-refractivity contribution in [3.8, 4) is 0 Å². The van der Waals surface area contributed by atoms with Gasteiger partial charge in [0, 0.05) is 19.8 Å². The lowest BCUT2D eigenvalue weighted by molar-refractivity contribution is 0.0735. The number of fused-ring (bicyclic) bond motifs is 1. The molecule has 0 aliphatic carbocycles. The third-order valence-corrected chi connectivity index (χ3v) is 2.95. The standard InChI is InChI=1S/C11H14N4O/c1-15-10-2-3-12-6-8(10)14-11(15)9-7-16-5-4-13-9/h2-3,6,9,13H,4-5,7H2,1H3. The van der Waals surface area contributed by atoms with Crippen molar-refractivity contribution in [2.75, 3.05) is 19.8 Å². The summed E-state index contributed by atoms with van der Waals surface area (Å²) in [6, 6.07) is 2.17. The van der Waals surface area contributed by atoms with Crippen molar-refractivity contribution in [3.05, 3.63) is 24.3 Å². The van der Waals surface area contributed by atoms with Crippen molar-refractivity contribution in [2.45, 2.75) is 6.04 Å². The van der Waals surface area contributed by atoms with Crippen molar-refractivity contribution in [1.82, 2.24) is 19.9 Å². The molecule has 3 rings (SSSR count). The zero-order valence-corrected chi connectivity index (χ0v) is 9.18. The van der Waals surface area contributed by atoms with Gasteiger partial charge in [-0.05, 0) is 6.07 Å². The second kappa shape index (κ2) is 3.84. The minimum Gasteiger partial charge on any atom is -0.378 e. The Bertz CT molecular complexity index is 502. The first-order valence-corrected chi connectivity index (χ1v) is 5.44. The van der Waals surface area contributed by atoms with Gasteiger partial charge in [0.15, 0.2) is 0 Å². The number of hydrogen-bond acceptors (Lipinski definition) is 4. The molecule has 0 aromatic carbocycles. The van der Waals surface area contributed by atoms with Crippen molar-refractivity contribution < 1.29 is 4.74 Å². The maximum absolute atomic E-state index is 5.46. The first kappa shape index (κ1) is 9.74. The zero-order valence-electron chi connectivity index (χ0n) is 9.18. The number of hydrogen-bond donors (Lipinski definition) is 1. The predicted molar refractivity (Wildman–Crippen MR) is 60.1 cm³/mol. The Morgan fingerprint density at radius 2 is 2.50 bits per heavy atom. The van der Waals surface area contributed by atoms with Crippen molar-refractivity contribution in [3.63, 3.8) is 0 Å². The highest BCUT2D eigenvalue weighted by Gasteiger charge is 2.20. The van der Waals surface area contributed by atoms with E-state index in [1.54, 1.807) is 12.4 Å².